The Morgan fingerprint density at radius 2 is 1.06 bits per heavy atom. The molecule has 2 aliphatic carbocycles. The summed E-state index contributed by atoms with van der Waals surface area (Å²) >= 11 is 1.91. The van der Waals surface area contributed by atoms with Gasteiger partial charge in [0.2, 0.25) is 0 Å². The summed E-state index contributed by atoms with van der Waals surface area (Å²) in [6, 6.07) is 47.8. The second-order valence-electron chi connectivity index (χ2n) is 15.0. The Kier molecular flexibility index (Phi) is 5.88. The summed E-state index contributed by atoms with van der Waals surface area (Å²) in [7, 11) is 0. The summed E-state index contributed by atoms with van der Waals surface area (Å²) < 4.78 is 2.72. The van der Waals surface area contributed by atoms with Crippen LogP contribution in [0, 0.1) is 0 Å². The summed E-state index contributed by atoms with van der Waals surface area (Å²) in [4.78, 5) is 2.46. The SMILES string of the molecule is CC1(C)c2ccccc2-c2ccc(N(c3ccccc3)c3ccc4c(c3)C(C)(C)C(C)(C)c3ccc5sc6ccccc6c5c3-4)cc21. The molecule has 0 atom stereocenters. The molecule has 0 fully saturated rings. The quantitative estimate of drug-likeness (QED) is 0.189. The Labute approximate surface area is 282 Å². The van der Waals surface area contributed by atoms with Crippen LogP contribution in [0.3, 0.4) is 0 Å². The fourth-order valence-corrected chi connectivity index (χ4v) is 9.67. The molecule has 1 heterocycles. The lowest BCUT2D eigenvalue weighted by Gasteiger charge is -2.49. The van der Waals surface area contributed by atoms with Gasteiger partial charge in [-0.2, -0.15) is 0 Å². The molecule has 0 radical (unpaired) electrons. The van der Waals surface area contributed by atoms with Crippen molar-refractivity contribution in [1.29, 1.82) is 0 Å². The van der Waals surface area contributed by atoms with Crippen molar-refractivity contribution in [2.75, 3.05) is 4.90 Å². The summed E-state index contributed by atoms with van der Waals surface area (Å²) in [5, 5.41) is 2.77. The molecule has 9 rings (SSSR count). The highest BCUT2D eigenvalue weighted by Gasteiger charge is 2.47. The molecule has 1 nitrogen and oxygen atoms in total. The molecule has 230 valence electrons. The smallest absolute Gasteiger partial charge is 0.0465 e. The maximum Gasteiger partial charge on any atom is 0.0465 e. The lowest BCUT2D eigenvalue weighted by Crippen LogP contribution is -2.43. The Balaban J connectivity index is 1.28. The first-order valence-electron chi connectivity index (χ1n) is 16.8. The minimum Gasteiger partial charge on any atom is -0.310 e. The van der Waals surface area contributed by atoms with Crippen LogP contribution in [0.4, 0.5) is 17.1 Å². The van der Waals surface area contributed by atoms with Crippen LogP contribution >= 0.6 is 11.3 Å². The molecule has 0 saturated carbocycles. The van der Waals surface area contributed by atoms with Crippen molar-refractivity contribution in [2.45, 2.75) is 57.8 Å². The summed E-state index contributed by atoms with van der Waals surface area (Å²) in [6.07, 6.45) is 0. The minimum absolute atomic E-state index is 0.0649. The van der Waals surface area contributed by atoms with Crippen LogP contribution in [0.15, 0.2) is 127 Å². The van der Waals surface area contributed by atoms with Crippen LogP contribution in [0.1, 0.15) is 63.8 Å². The molecular weight excluding hydrogens is 587 g/mol. The van der Waals surface area contributed by atoms with Gasteiger partial charge in [-0.3, -0.25) is 0 Å². The standard InChI is InChI=1S/C45H39NS/c1-43(2)35-18-12-10-16-31(35)32-22-20-29(26-37(32)43)46(28-14-8-7-9-15-28)30-21-23-33-38(27-30)45(5,6)44(3,4)36-24-25-40-42(41(33)36)34-17-11-13-19-39(34)47-40/h7-27H,1-6H3. The van der Waals surface area contributed by atoms with Crippen molar-refractivity contribution in [3.63, 3.8) is 0 Å². The molecule has 47 heavy (non-hydrogen) atoms. The number of fused-ring (bicyclic) bond motifs is 10. The number of rotatable bonds is 3. The van der Waals surface area contributed by atoms with Crippen LogP contribution in [0.2, 0.25) is 0 Å². The number of anilines is 3. The monoisotopic (exact) mass is 625 g/mol. The highest BCUT2D eigenvalue weighted by atomic mass is 32.1. The zero-order valence-electron chi connectivity index (χ0n) is 28.0. The van der Waals surface area contributed by atoms with Crippen molar-refractivity contribution in [1.82, 2.24) is 0 Å². The first-order valence-corrected chi connectivity index (χ1v) is 17.6. The van der Waals surface area contributed by atoms with E-state index >= 15 is 0 Å². The number of thiophene rings is 1. The van der Waals surface area contributed by atoms with Crippen molar-refractivity contribution in [2.24, 2.45) is 0 Å². The molecular formula is C45H39NS. The highest BCUT2D eigenvalue weighted by Crippen LogP contribution is 2.58. The average Bonchev–Trinajstić information content (AvgIpc) is 3.57. The Morgan fingerprint density at radius 3 is 1.85 bits per heavy atom. The van der Waals surface area contributed by atoms with Gasteiger partial charge in [-0.1, -0.05) is 120 Å². The second kappa shape index (κ2) is 9.69. The van der Waals surface area contributed by atoms with E-state index in [0.29, 0.717) is 0 Å². The van der Waals surface area contributed by atoms with E-state index in [9.17, 15) is 0 Å². The molecule has 0 aliphatic heterocycles. The van der Waals surface area contributed by atoms with E-state index in [-0.39, 0.29) is 16.2 Å². The number of hydrogen-bond acceptors (Lipinski definition) is 2. The van der Waals surface area contributed by atoms with Crippen molar-refractivity contribution in [3.05, 3.63) is 150 Å². The molecule has 0 amide bonds. The van der Waals surface area contributed by atoms with Gasteiger partial charge in [0.25, 0.3) is 0 Å². The maximum absolute atomic E-state index is 2.49. The van der Waals surface area contributed by atoms with Gasteiger partial charge in [0.15, 0.2) is 0 Å². The number of benzene rings is 6. The molecule has 1 aromatic heterocycles. The van der Waals surface area contributed by atoms with Crippen LogP contribution in [-0.4, -0.2) is 0 Å². The topological polar surface area (TPSA) is 3.24 Å². The van der Waals surface area contributed by atoms with E-state index in [1.54, 1.807) is 0 Å². The fourth-order valence-electron chi connectivity index (χ4n) is 8.55. The molecule has 7 aromatic rings. The average molecular weight is 626 g/mol. The predicted octanol–water partition coefficient (Wildman–Crippen LogP) is 13.1. The lowest BCUT2D eigenvalue weighted by atomic mass is 9.55. The van der Waals surface area contributed by atoms with Gasteiger partial charge >= 0.3 is 0 Å². The molecule has 2 heteroatoms. The van der Waals surface area contributed by atoms with Crippen molar-refractivity contribution < 1.29 is 0 Å². The highest BCUT2D eigenvalue weighted by molar-refractivity contribution is 7.25. The van der Waals surface area contributed by atoms with Gasteiger partial charge in [0.05, 0.1) is 0 Å². The van der Waals surface area contributed by atoms with E-state index in [4.69, 9.17) is 0 Å². The van der Waals surface area contributed by atoms with Gasteiger partial charge in [0.1, 0.15) is 0 Å². The van der Waals surface area contributed by atoms with E-state index in [1.807, 2.05) is 11.3 Å². The van der Waals surface area contributed by atoms with E-state index in [0.717, 1.165) is 0 Å². The predicted molar refractivity (Wildman–Crippen MR) is 203 cm³/mol. The van der Waals surface area contributed by atoms with Crippen LogP contribution in [0.5, 0.6) is 0 Å². The number of nitrogens with zero attached hydrogens (tertiary/aromatic N) is 1. The first kappa shape index (κ1) is 28.6. The summed E-state index contributed by atoms with van der Waals surface area (Å²) in [6.45, 7) is 14.5. The van der Waals surface area contributed by atoms with E-state index < -0.39 is 0 Å². The van der Waals surface area contributed by atoms with E-state index in [1.165, 1.54) is 81.7 Å². The van der Waals surface area contributed by atoms with Crippen molar-refractivity contribution in [3.8, 4) is 22.3 Å². The Bertz CT molecular complexity index is 2390. The largest absolute Gasteiger partial charge is 0.310 e. The third kappa shape index (κ3) is 3.82. The van der Waals surface area contributed by atoms with Gasteiger partial charge in [-0.15, -0.1) is 11.3 Å². The third-order valence-electron chi connectivity index (χ3n) is 11.8. The molecule has 6 aromatic carbocycles. The first-order chi connectivity index (χ1) is 22.6. The molecule has 0 bridgehead atoms. The molecule has 0 spiro atoms. The van der Waals surface area contributed by atoms with Crippen molar-refractivity contribution >= 4 is 48.6 Å². The van der Waals surface area contributed by atoms with Gasteiger partial charge in [-0.05, 0) is 104 Å². The molecule has 0 saturated heterocycles. The molecule has 0 unspecified atom stereocenters. The number of para-hydroxylation sites is 1. The maximum atomic E-state index is 2.49. The normalized spacial score (nSPS) is 16.4. The lowest BCUT2D eigenvalue weighted by molar-refractivity contribution is 0.299. The van der Waals surface area contributed by atoms with Crippen LogP contribution < -0.4 is 4.90 Å². The summed E-state index contributed by atoms with van der Waals surface area (Å²) in [5.41, 5.74) is 14.4. The van der Waals surface area contributed by atoms with Crippen LogP contribution in [0.25, 0.3) is 42.4 Å². The van der Waals surface area contributed by atoms with Crippen LogP contribution in [-0.2, 0) is 16.2 Å². The molecule has 0 N–H and O–H groups in total. The zero-order chi connectivity index (χ0) is 32.3. The fraction of sp³-hybridized carbons (Fsp3) is 0.200. The Hall–Kier alpha value is -4.66. The third-order valence-corrected chi connectivity index (χ3v) is 13.0. The summed E-state index contributed by atoms with van der Waals surface area (Å²) in [5.74, 6) is 0. The van der Waals surface area contributed by atoms with E-state index in [2.05, 4.69) is 174 Å². The second-order valence-corrected chi connectivity index (χ2v) is 16.1. The Morgan fingerprint density at radius 1 is 0.447 bits per heavy atom. The zero-order valence-corrected chi connectivity index (χ0v) is 28.8. The van der Waals surface area contributed by atoms with Gasteiger partial charge in [0, 0.05) is 42.6 Å². The minimum atomic E-state index is -0.102. The number of hydrogen-bond donors (Lipinski definition) is 0. The van der Waals surface area contributed by atoms with Gasteiger partial charge < -0.3 is 4.90 Å². The molecule has 2 aliphatic rings. The van der Waals surface area contributed by atoms with Gasteiger partial charge in [-0.25, -0.2) is 0 Å².